The number of benzene rings is 2. The zero-order valence-electron chi connectivity index (χ0n) is 17.0. The number of non-ortho nitro benzene ring substituents is 1. The van der Waals surface area contributed by atoms with Gasteiger partial charge in [0.15, 0.2) is 0 Å². The highest BCUT2D eigenvalue weighted by Gasteiger charge is 2.31. The SMILES string of the molecule is O=C(CN1C(=O)CCC1=O)OCC(=NNc1ccc([N+](=O)[O-])cc1[N+](=O)[O-])c1ccccc1. The highest BCUT2D eigenvalue weighted by Crippen LogP contribution is 2.29. The third kappa shape index (κ3) is 5.72. The molecule has 170 valence electrons. The molecule has 0 aromatic heterocycles. The maximum absolute atomic E-state index is 12.1. The molecule has 0 unspecified atom stereocenters. The first-order valence-electron chi connectivity index (χ1n) is 9.56. The van der Waals surface area contributed by atoms with E-state index in [-0.39, 0.29) is 30.8 Å². The Bertz CT molecular complexity index is 1130. The lowest BCUT2D eigenvalue weighted by atomic mass is 10.1. The van der Waals surface area contributed by atoms with Crippen LogP contribution in [0.25, 0.3) is 0 Å². The number of hydrogen-bond acceptors (Lipinski definition) is 10. The molecule has 0 bridgehead atoms. The van der Waals surface area contributed by atoms with Crippen molar-refractivity contribution in [3.05, 3.63) is 74.3 Å². The monoisotopic (exact) mass is 455 g/mol. The normalized spacial score (nSPS) is 13.7. The average Bonchev–Trinajstić information content (AvgIpc) is 3.11. The summed E-state index contributed by atoms with van der Waals surface area (Å²) in [5, 5.41) is 26.3. The van der Waals surface area contributed by atoms with E-state index in [4.69, 9.17) is 4.74 Å². The van der Waals surface area contributed by atoms with Crippen LogP contribution in [0.1, 0.15) is 18.4 Å². The van der Waals surface area contributed by atoms with E-state index in [0.717, 1.165) is 23.1 Å². The number of anilines is 1. The standard InChI is InChI=1S/C20H17N5O8/c26-18-8-9-19(27)23(18)11-20(28)33-12-16(13-4-2-1-3-5-13)22-21-15-7-6-14(24(29)30)10-17(15)25(31)32/h1-7,10,21H,8-9,11-12H2. The van der Waals surface area contributed by atoms with Crippen molar-refractivity contribution < 1.29 is 29.0 Å². The molecule has 2 aromatic carbocycles. The van der Waals surface area contributed by atoms with Crippen molar-refractivity contribution in [1.29, 1.82) is 0 Å². The third-order valence-corrected chi connectivity index (χ3v) is 4.62. The molecule has 0 saturated carbocycles. The minimum Gasteiger partial charge on any atom is -0.458 e. The molecule has 13 heteroatoms. The Balaban J connectivity index is 1.78. The summed E-state index contributed by atoms with van der Waals surface area (Å²) in [6.45, 7) is -0.895. The number of amides is 2. The molecule has 1 heterocycles. The highest BCUT2D eigenvalue weighted by atomic mass is 16.6. The van der Waals surface area contributed by atoms with Crippen molar-refractivity contribution in [1.82, 2.24) is 4.90 Å². The molecule has 1 saturated heterocycles. The molecule has 0 aliphatic carbocycles. The Labute approximate surface area is 185 Å². The lowest BCUT2D eigenvalue weighted by Crippen LogP contribution is -2.35. The Kier molecular flexibility index (Phi) is 7.03. The number of ether oxygens (including phenoxy) is 1. The van der Waals surface area contributed by atoms with Gasteiger partial charge in [0, 0.05) is 24.5 Å². The van der Waals surface area contributed by atoms with Crippen LogP contribution in [0.4, 0.5) is 17.1 Å². The molecule has 1 aliphatic rings. The lowest BCUT2D eigenvalue weighted by Gasteiger charge is -2.14. The largest absolute Gasteiger partial charge is 0.458 e. The summed E-state index contributed by atoms with van der Waals surface area (Å²) in [6.07, 6.45) is 0.0849. The van der Waals surface area contributed by atoms with Crippen molar-refractivity contribution in [2.45, 2.75) is 12.8 Å². The summed E-state index contributed by atoms with van der Waals surface area (Å²) in [5.41, 5.74) is 2.05. The molecule has 13 nitrogen and oxygen atoms in total. The second kappa shape index (κ2) is 10.1. The fraction of sp³-hybridized carbons (Fsp3) is 0.200. The first kappa shape index (κ1) is 23.0. The van der Waals surface area contributed by atoms with Crippen LogP contribution in [0.3, 0.4) is 0 Å². The number of esters is 1. The molecule has 1 N–H and O–H groups in total. The number of nitrogens with zero attached hydrogens (tertiary/aromatic N) is 4. The van der Waals surface area contributed by atoms with Gasteiger partial charge in [-0.05, 0) is 6.07 Å². The summed E-state index contributed by atoms with van der Waals surface area (Å²) in [5.74, 6) is -1.74. The number of hydrazone groups is 1. The lowest BCUT2D eigenvalue weighted by molar-refractivity contribution is -0.393. The molecule has 0 atom stereocenters. The maximum atomic E-state index is 12.1. The number of carbonyl (C=O) groups is 3. The number of nitro benzene ring substituents is 2. The van der Waals surface area contributed by atoms with Crippen LogP contribution in [0.2, 0.25) is 0 Å². The predicted molar refractivity (Wildman–Crippen MR) is 113 cm³/mol. The van der Waals surface area contributed by atoms with Gasteiger partial charge in [0.05, 0.1) is 15.9 Å². The van der Waals surface area contributed by atoms with E-state index >= 15 is 0 Å². The van der Waals surface area contributed by atoms with Gasteiger partial charge in [0.2, 0.25) is 11.8 Å². The van der Waals surface area contributed by atoms with Crippen molar-refractivity contribution in [3.8, 4) is 0 Å². The quantitative estimate of drug-likeness (QED) is 0.195. The fourth-order valence-corrected chi connectivity index (χ4v) is 2.94. The second-order valence-corrected chi connectivity index (χ2v) is 6.79. The number of rotatable bonds is 9. The van der Waals surface area contributed by atoms with Gasteiger partial charge in [-0.1, -0.05) is 30.3 Å². The van der Waals surface area contributed by atoms with Crippen LogP contribution in [-0.4, -0.2) is 51.4 Å². The van der Waals surface area contributed by atoms with Crippen molar-refractivity contribution in [3.63, 3.8) is 0 Å². The molecule has 2 amide bonds. The van der Waals surface area contributed by atoms with Gasteiger partial charge in [-0.3, -0.25) is 44.9 Å². The Morgan fingerprint density at radius 3 is 2.30 bits per heavy atom. The summed E-state index contributed by atoms with van der Waals surface area (Å²) < 4.78 is 5.15. The first-order valence-corrected chi connectivity index (χ1v) is 9.56. The minimum atomic E-state index is -0.830. The summed E-state index contributed by atoms with van der Waals surface area (Å²) >= 11 is 0. The van der Waals surface area contributed by atoms with E-state index in [1.807, 2.05) is 0 Å². The van der Waals surface area contributed by atoms with Gasteiger partial charge < -0.3 is 4.74 Å². The van der Waals surface area contributed by atoms with E-state index < -0.39 is 45.5 Å². The third-order valence-electron chi connectivity index (χ3n) is 4.62. The van der Waals surface area contributed by atoms with Gasteiger partial charge in [0.1, 0.15) is 24.6 Å². The van der Waals surface area contributed by atoms with Crippen LogP contribution < -0.4 is 5.43 Å². The minimum absolute atomic E-state index is 0.0424. The first-order chi connectivity index (χ1) is 15.8. The van der Waals surface area contributed by atoms with Crippen molar-refractivity contribution in [2.24, 2.45) is 5.10 Å². The van der Waals surface area contributed by atoms with Crippen molar-refractivity contribution >= 4 is 40.6 Å². The topological polar surface area (TPSA) is 174 Å². The maximum Gasteiger partial charge on any atom is 0.326 e. The molecule has 0 spiro atoms. The molecule has 1 aliphatic heterocycles. The van der Waals surface area contributed by atoms with E-state index in [1.54, 1.807) is 30.3 Å². The van der Waals surface area contributed by atoms with Crippen LogP contribution in [0.15, 0.2) is 53.6 Å². The second-order valence-electron chi connectivity index (χ2n) is 6.79. The van der Waals surface area contributed by atoms with E-state index in [0.29, 0.717) is 5.56 Å². The van der Waals surface area contributed by atoms with Crippen LogP contribution in [-0.2, 0) is 19.1 Å². The zero-order chi connectivity index (χ0) is 24.0. The molecule has 3 rings (SSSR count). The highest BCUT2D eigenvalue weighted by molar-refractivity contribution is 6.05. The molecule has 33 heavy (non-hydrogen) atoms. The smallest absolute Gasteiger partial charge is 0.326 e. The summed E-state index contributed by atoms with van der Waals surface area (Å²) in [7, 11) is 0. The number of imide groups is 1. The summed E-state index contributed by atoms with van der Waals surface area (Å²) in [6, 6.07) is 11.5. The predicted octanol–water partition coefficient (Wildman–Crippen LogP) is 2.01. The van der Waals surface area contributed by atoms with Crippen LogP contribution in [0, 0.1) is 20.2 Å². The number of carbonyl (C=O) groups excluding carboxylic acids is 3. The van der Waals surface area contributed by atoms with Crippen molar-refractivity contribution in [2.75, 3.05) is 18.6 Å². The zero-order valence-corrected chi connectivity index (χ0v) is 17.0. The van der Waals surface area contributed by atoms with E-state index in [2.05, 4.69) is 10.5 Å². The number of nitro groups is 2. The number of hydrogen-bond donors (Lipinski definition) is 1. The van der Waals surface area contributed by atoms with Gasteiger partial charge >= 0.3 is 11.7 Å². The Hall–Kier alpha value is -4.68. The van der Waals surface area contributed by atoms with Gasteiger partial charge in [-0.25, -0.2) is 0 Å². The molecule has 1 fully saturated rings. The molecular weight excluding hydrogens is 438 g/mol. The fourth-order valence-electron chi connectivity index (χ4n) is 2.94. The van der Waals surface area contributed by atoms with E-state index in [1.165, 1.54) is 0 Å². The number of nitrogens with one attached hydrogen (secondary N) is 1. The van der Waals surface area contributed by atoms with Gasteiger partial charge in [0.25, 0.3) is 5.69 Å². The van der Waals surface area contributed by atoms with Gasteiger partial charge in [-0.15, -0.1) is 0 Å². The molecule has 2 aromatic rings. The Morgan fingerprint density at radius 2 is 1.70 bits per heavy atom. The molecule has 0 radical (unpaired) electrons. The number of likely N-dealkylation sites (tertiary alicyclic amines) is 1. The Morgan fingerprint density at radius 1 is 1.03 bits per heavy atom. The average molecular weight is 455 g/mol. The van der Waals surface area contributed by atoms with E-state index in [9.17, 15) is 34.6 Å². The van der Waals surface area contributed by atoms with Gasteiger partial charge in [-0.2, -0.15) is 5.10 Å². The molecular formula is C20H17N5O8. The summed E-state index contributed by atoms with van der Waals surface area (Å²) in [4.78, 5) is 56.9. The van der Waals surface area contributed by atoms with Crippen LogP contribution in [0.5, 0.6) is 0 Å². The van der Waals surface area contributed by atoms with Crippen LogP contribution >= 0.6 is 0 Å².